The minimum Gasteiger partial charge on any atom is -0.314 e. The van der Waals surface area contributed by atoms with Gasteiger partial charge in [0.15, 0.2) is 0 Å². The molecule has 1 aliphatic rings. The molecule has 1 unspecified atom stereocenters. The molecule has 0 saturated heterocycles. The number of thioether (sulfide) groups is 1. The Morgan fingerprint density at radius 1 is 1.39 bits per heavy atom. The summed E-state index contributed by atoms with van der Waals surface area (Å²) in [5.41, 5.74) is 1.33. The molecule has 0 aromatic heterocycles. The summed E-state index contributed by atoms with van der Waals surface area (Å²) in [6.07, 6.45) is 5.91. The molecular formula is C15H22ClNS. The standard InChI is InChI=1S/C15H22ClNS/c1-11(18-2)7-8-17-13-9-12(10-13)14-5-3-4-6-15(14)16/h3-6,11-13,17H,7-10H2,1-2H3. The third-order valence-corrected chi connectivity index (χ3v) is 5.25. The molecule has 1 N–H and O–H groups in total. The highest BCUT2D eigenvalue weighted by Crippen LogP contribution is 2.39. The van der Waals surface area contributed by atoms with Gasteiger partial charge in [-0.3, -0.25) is 0 Å². The van der Waals surface area contributed by atoms with Gasteiger partial charge in [-0.1, -0.05) is 36.7 Å². The first kappa shape index (κ1) is 14.2. The number of hydrogen-bond donors (Lipinski definition) is 1. The fraction of sp³-hybridized carbons (Fsp3) is 0.600. The topological polar surface area (TPSA) is 12.0 Å². The second-order valence-corrected chi connectivity index (χ2v) is 6.86. The number of hydrogen-bond acceptors (Lipinski definition) is 2. The van der Waals surface area contributed by atoms with Gasteiger partial charge >= 0.3 is 0 Å². The van der Waals surface area contributed by atoms with Crippen LogP contribution in [0.5, 0.6) is 0 Å². The summed E-state index contributed by atoms with van der Waals surface area (Å²) < 4.78 is 0. The van der Waals surface area contributed by atoms with Crippen molar-refractivity contribution in [2.75, 3.05) is 12.8 Å². The molecule has 0 bridgehead atoms. The highest BCUT2D eigenvalue weighted by Gasteiger charge is 2.30. The monoisotopic (exact) mass is 283 g/mol. The van der Waals surface area contributed by atoms with Crippen LogP contribution in [-0.2, 0) is 0 Å². The van der Waals surface area contributed by atoms with E-state index in [1.54, 1.807) is 0 Å². The van der Waals surface area contributed by atoms with Crippen molar-refractivity contribution in [1.82, 2.24) is 5.32 Å². The van der Waals surface area contributed by atoms with Crippen molar-refractivity contribution < 1.29 is 0 Å². The molecule has 1 nitrogen and oxygen atoms in total. The molecule has 18 heavy (non-hydrogen) atoms. The smallest absolute Gasteiger partial charge is 0.0440 e. The maximum atomic E-state index is 6.22. The van der Waals surface area contributed by atoms with Gasteiger partial charge in [0, 0.05) is 16.3 Å². The first-order chi connectivity index (χ1) is 8.70. The molecule has 0 aliphatic heterocycles. The summed E-state index contributed by atoms with van der Waals surface area (Å²) in [4.78, 5) is 0. The minimum atomic E-state index is 0.661. The normalized spacial score (nSPS) is 24.6. The predicted molar refractivity (Wildman–Crippen MR) is 82.8 cm³/mol. The fourth-order valence-corrected chi connectivity index (χ4v) is 3.10. The molecule has 0 heterocycles. The number of halogens is 1. The third-order valence-electron chi connectivity index (χ3n) is 3.87. The second kappa shape index (κ2) is 6.83. The van der Waals surface area contributed by atoms with Gasteiger partial charge < -0.3 is 5.32 Å². The zero-order chi connectivity index (χ0) is 13.0. The van der Waals surface area contributed by atoms with E-state index < -0.39 is 0 Å². The van der Waals surface area contributed by atoms with Crippen molar-refractivity contribution in [3.63, 3.8) is 0 Å². The Bertz CT molecular complexity index is 377. The number of benzene rings is 1. The summed E-state index contributed by atoms with van der Waals surface area (Å²) in [6, 6.07) is 8.95. The van der Waals surface area contributed by atoms with Crippen LogP contribution < -0.4 is 5.32 Å². The molecule has 1 atom stereocenters. The van der Waals surface area contributed by atoms with Gasteiger partial charge in [-0.05, 0) is 49.6 Å². The molecule has 1 aliphatic carbocycles. The number of rotatable bonds is 6. The molecule has 0 spiro atoms. The van der Waals surface area contributed by atoms with Crippen molar-refractivity contribution >= 4 is 23.4 Å². The molecule has 1 fully saturated rings. The predicted octanol–water partition coefficient (Wildman–Crippen LogP) is 4.32. The molecule has 1 aromatic rings. The molecular weight excluding hydrogens is 262 g/mol. The highest BCUT2D eigenvalue weighted by molar-refractivity contribution is 7.99. The maximum absolute atomic E-state index is 6.22. The average Bonchev–Trinajstić information content (AvgIpc) is 2.33. The van der Waals surface area contributed by atoms with E-state index in [4.69, 9.17) is 11.6 Å². The Morgan fingerprint density at radius 3 is 2.78 bits per heavy atom. The molecule has 100 valence electrons. The van der Waals surface area contributed by atoms with Crippen LogP contribution in [0, 0.1) is 0 Å². The Morgan fingerprint density at radius 2 is 2.11 bits per heavy atom. The molecule has 2 rings (SSSR count). The average molecular weight is 284 g/mol. The van der Waals surface area contributed by atoms with Gasteiger partial charge in [0.1, 0.15) is 0 Å². The van der Waals surface area contributed by atoms with Gasteiger partial charge in [-0.2, -0.15) is 11.8 Å². The summed E-state index contributed by atoms with van der Waals surface area (Å²) in [6.45, 7) is 3.43. The zero-order valence-corrected chi connectivity index (χ0v) is 12.7. The molecule has 1 aromatic carbocycles. The van der Waals surface area contributed by atoms with E-state index >= 15 is 0 Å². The van der Waals surface area contributed by atoms with E-state index in [-0.39, 0.29) is 0 Å². The summed E-state index contributed by atoms with van der Waals surface area (Å²) in [5.74, 6) is 0.661. The van der Waals surface area contributed by atoms with Crippen LogP contribution >= 0.6 is 23.4 Å². The SMILES string of the molecule is CSC(C)CCNC1CC(c2ccccc2Cl)C1. The molecule has 0 amide bonds. The van der Waals surface area contributed by atoms with E-state index in [1.807, 2.05) is 23.9 Å². The fourth-order valence-electron chi connectivity index (χ4n) is 2.45. The van der Waals surface area contributed by atoms with Crippen LogP contribution in [-0.4, -0.2) is 24.1 Å². The van der Waals surface area contributed by atoms with Crippen molar-refractivity contribution in [2.24, 2.45) is 0 Å². The lowest BCUT2D eigenvalue weighted by Gasteiger charge is -2.37. The van der Waals surface area contributed by atoms with Crippen molar-refractivity contribution in [2.45, 2.75) is 43.4 Å². The molecule has 0 radical (unpaired) electrons. The summed E-state index contributed by atoms with van der Waals surface area (Å²) in [5, 5.41) is 5.34. The zero-order valence-electron chi connectivity index (χ0n) is 11.2. The van der Waals surface area contributed by atoms with E-state index in [2.05, 4.69) is 30.6 Å². The second-order valence-electron chi connectivity index (χ2n) is 5.18. The van der Waals surface area contributed by atoms with Crippen LogP contribution in [0.25, 0.3) is 0 Å². The Kier molecular flexibility index (Phi) is 5.40. The number of nitrogens with one attached hydrogen (secondary N) is 1. The van der Waals surface area contributed by atoms with E-state index in [9.17, 15) is 0 Å². The highest BCUT2D eigenvalue weighted by atomic mass is 35.5. The van der Waals surface area contributed by atoms with Crippen LogP contribution in [0.2, 0.25) is 5.02 Å². The first-order valence-electron chi connectivity index (χ1n) is 6.71. The van der Waals surface area contributed by atoms with E-state index in [1.165, 1.54) is 24.8 Å². The molecule has 1 saturated carbocycles. The lowest BCUT2D eigenvalue weighted by molar-refractivity contribution is 0.291. The van der Waals surface area contributed by atoms with Gasteiger partial charge in [0.25, 0.3) is 0 Å². The quantitative estimate of drug-likeness (QED) is 0.835. The first-order valence-corrected chi connectivity index (χ1v) is 8.38. The van der Waals surface area contributed by atoms with Crippen LogP contribution in [0.15, 0.2) is 24.3 Å². The lowest BCUT2D eigenvalue weighted by Crippen LogP contribution is -2.41. The van der Waals surface area contributed by atoms with E-state index in [0.29, 0.717) is 12.0 Å². The van der Waals surface area contributed by atoms with Gasteiger partial charge in [-0.15, -0.1) is 0 Å². The van der Waals surface area contributed by atoms with Crippen LogP contribution in [0.4, 0.5) is 0 Å². The van der Waals surface area contributed by atoms with Gasteiger partial charge in [0.05, 0.1) is 0 Å². The Labute approximate surface area is 120 Å². The third kappa shape index (κ3) is 3.66. The molecule has 3 heteroatoms. The van der Waals surface area contributed by atoms with Crippen LogP contribution in [0.1, 0.15) is 37.7 Å². The van der Waals surface area contributed by atoms with Gasteiger partial charge in [-0.25, -0.2) is 0 Å². The van der Waals surface area contributed by atoms with Crippen molar-refractivity contribution in [1.29, 1.82) is 0 Å². The lowest BCUT2D eigenvalue weighted by atomic mass is 9.76. The minimum absolute atomic E-state index is 0.661. The van der Waals surface area contributed by atoms with E-state index in [0.717, 1.165) is 16.8 Å². The summed E-state index contributed by atoms with van der Waals surface area (Å²) in [7, 11) is 0. The Balaban J connectivity index is 1.70. The Hall–Kier alpha value is -0.180. The van der Waals surface area contributed by atoms with Crippen molar-refractivity contribution in [3.05, 3.63) is 34.9 Å². The maximum Gasteiger partial charge on any atom is 0.0440 e. The summed E-state index contributed by atoms with van der Waals surface area (Å²) >= 11 is 8.16. The van der Waals surface area contributed by atoms with Crippen LogP contribution in [0.3, 0.4) is 0 Å². The van der Waals surface area contributed by atoms with Crippen molar-refractivity contribution in [3.8, 4) is 0 Å². The van der Waals surface area contributed by atoms with Gasteiger partial charge in [0.2, 0.25) is 0 Å². The largest absolute Gasteiger partial charge is 0.314 e.